The monoisotopic (exact) mass is 430 g/mol. The molecule has 1 aliphatic rings. The van der Waals surface area contributed by atoms with Crippen molar-refractivity contribution in [3.8, 4) is 0 Å². The number of nitrogens with one attached hydrogen (secondary N) is 1. The third-order valence-corrected chi connectivity index (χ3v) is 7.22. The van der Waals surface area contributed by atoms with Crippen LogP contribution in [0, 0.1) is 5.92 Å². The van der Waals surface area contributed by atoms with Crippen molar-refractivity contribution in [1.29, 1.82) is 0 Å². The fraction of sp³-hybridized carbons (Fsp3) is 0.579. The maximum Gasteiger partial charge on any atom is 0.306 e. The van der Waals surface area contributed by atoms with Crippen molar-refractivity contribution < 1.29 is 22.7 Å². The van der Waals surface area contributed by atoms with Crippen LogP contribution in [0.4, 0.5) is 5.69 Å². The van der Waals surface area contributed by atoms with E-state index >= 15 is 0 Å². The highest BCUT2D eigenvalue weighted by atomic mass is 35.5. The van der Waals surface area contributed by atoms with E-state index in [0.717, 1.165) is 25.7 Å². The van der Waals surface area contributed by atoms with E-state index in [0.29, 0.717) is 25.4 Å². The van der Waals surface area contributed by atoms with Crippen molar-refractivity contribution in [2.24, 2.45) is 5.92 Å². The third kappa shape index (κ3) is 5.93. The van der Waals surface area contributed by atoms with Gasteiger partial charge in [0.15, 0.2) is 6.61 Å². The van der Waals surface area contributed by atoms with Gasteiger partial charge in [0.2, 0.25) is 10.0 Å². The molecule has 0 unspecified atom stereocenters. The zero-order chi connectivity index (χ0) is 20.7. The number of rotatable bonds is 9. The minimum Gasteiger partial charge on any atom is -0.456 e. The maximum atomic E-state index is 12.6. The van der Waals surface area contributed by atoms with Crippen molar-refractivity contribution in [1.82, 2.24) is 4.31 Å². The lowest BCUT2D eigenvalue weighted by Crippen LogP contribution is -2.30. The molecule has 0 atom stereocenters. The van der Waals surface area contributed by atoms with E-state index < -0.39 is 28.5 Å². The Morgan fingerprint density at radius 3 is 2.46 bits per heavy atom. The summed E-state index contributed by atoms with van der Waals surface area (Å²) in [6.45, 7) is 3.73. The highest BCUT2D eigenvalue weighted by Gasteiger charge is 2.23. The number of hydrogen-bond acceptors (Lipinski definition) is 5. The van der Waals surface area contributed by atoms with E-state index in [1.807, 2.05) is 0 Å². The second-order valence-electron chi connectivity index (χ2n) is 6.79. The molecule has 0 heterocycles. The average molecular weight is 431 g/mol. The minimum absolute atomic E-state index is 0.0362. The summed E-state index contributed by atoms with van der Waals surface area (Å²) in [6.07, 6.45) is 4.62. The molecule has 1 aromatic carbocycles. The number of esters is 1. The number of benzene rings is 1. The van der Waals surface area contributed by atoms with Gasteiger partial charge in [-0.2, -0.15) is 4.31 Å². The number of hydrogen-bond donors (Lipinski definition) is 1. The van der Waals surface area contributed by atoms with Crippen LogP contribution in [0.2, 0.25) is 5.02 Å². The van der Waals surface area contributed by atoms with Gasteiger partial charge >= 0.3 is 5.97 Å². The second kappa shape index (κ2) is 10.2. The van der Waals surface area contributed by atoms with Gasteiger partial charge in [-0.15, -0.1) is 0 Å². The van der Waals surface area contributed by atoms with Gasteiger partial charge in [-0.3, -0.25) is 9.59 Å². The molecule has 28 heavy (non-hydrogen) atoms. The van der Waals surface area contributed by atoms with Crippen LogP contribution in [0.1, 0.15) is 46.0 Å². The molecule has 7 nitrogen and oxygen atoms in total. The average Bonchev–Trinajstić information content (AvgIpc) is 3.15. The van der Waals surface area contributed by atoms with Crippen LogP contribution in [0.25, 0.3) is 0 Å². The zero-order valence-corrected chi connectivity index (χ0v) is 17.8. The van der Waals surface area contributed by atoms with Crippen LogP contribution in [0.15, 0.2) is 23.1 Å². The van der Waals surface area contributed by atoms with Crippen molar-refractivity contribution in [3.05, 3.63) is 23.2 Å². The molecule has 0 bridgehead atoms. The van der Waals surface area contributed by atoms with Crippen LogP contribution < -0.4 is 5.32 Å². The molecule has 1 N–H and O–H groups in total. The Morgan fingerprint density at radius 2 is 1.86 bits per heavy atom. The largest absolute Gasteiger partial charge is 0.456 e. The number of carbonyl (C=O) groups excluding carboxylic acids is 2. The lowest BCUT2D eigenvalue weighted by molar-refractivity contribution is -0.148. The Labute approximate surface area is 171 Å². The van der Waals surface area contributed by atoms with Crippen molar-refractivity contribution >= 4 is 39.2 Å². The van der Waals surface area contributed by atoms with Crippen molar-refractivity contribution in [2.45, 2.75) is 50.8 Å². The van der Waals surface area contributed by atoms with Gasteiger partial charge in [-0.25, -0.2) is 8.42 Å². The number of sulfonamides is 1. The number of halogens is 1. The molecule has 9 heteroatoms. The molecule has 0 spiro atoms. The van der Waals surface area contributed by atoms with Crippen LogP contribution in [-0.2, 0) is 24.3 Å². The van der Waals surface area contributed by atoms with Gasteiger partial charge < -0.3 is 10.1 Å². The fourth-order valence-electron chi connectivity index (χ4n) is 3.31. The van der Waals surface area contributed by atoms with Crippen LogP contribution in [-0.4, -0.2) is 44.3 Å². The normalized spacial score (nSPS) is 15.0. The Hall–Kier alpha value is -1.64. The quantitative estimate of drug-likeness (QED) is 0.606. The molecule has 1 aliphatic carbocycles. The van der Waals surface area contributed by atoms with Gasteiger partial charge in [-0.1, -0.05) is 38.3 Å². The number of anilines is 1. The first kappa shape index (κ1) is 22.6. The predicted molar refractivity (Wildman–Crippen MR) is 108 cm³/mol. The van der Waals surface area contributed by atoms with E-state index in [2.05, 4.69) is 5.32 Å². The first-order valence-corrected chi connectivity index (χ1v) is 11.3. The van der Waals surface area contributed by atoms with Gasteiger partial charge in [0.25, 0.3) is 5.91 Å². The zero-order valence-electron chi connectivity index (χ0n) is 16.2. The van der Waals surface area contributed by atoms with Gasteiger partial charge in [0, 0.05) is 19.5 Å². The van der Waals surface area contributed by atoms with Gasteiger partial charge in [-0.05, 0) is 37.0 Å². The summed E-state index contributed by atoms with van der Waals surface area (Å²) in [7, 11) is -3.68. The summed E-state index contributed by atoms with van der Waals surface area (Å²) in [4.78, 5) is 24.0. The van der Waals surface area contributed by atoms with Crippen molar-refractivity contribution in [2.75, 3.05) is 25.0 Å². The summed E-state index contributed by atoms with van der Waals surface area (Å²) in [6, 6.07) is 4.13. The molecule has 0 radical (unpaired) electrons. The Balaban J connectivity index is 1.99. The summed E-state index contributed by atoms with van der Waals surface area (Å²) in [5.41, 5.74) is 0.159. The van der Waals surface area contributed by atoms with Crippen LogP contribution in [0.3, 0.4) is 0 Å². The first-order valence-electron chi connectivity index (χ1n) is 9.53. The molecule has 2 rings (SSSR count). The van der Waals surface area contributed by atoms with E-state index in [-0.39, 0.29) is 15.6 Å². The number of nitrogens with zero attached hydrogens (tertiary/aromatic N) is 1. The molecule has 0 aromatic heterocycles. The molecule has 1 fully saturated rings. The lowest BCUT2D eigenvalue weighted by atomic mass is 10.1. The summed E-state index contributed by atoms with van der Waals surface area (Å²) in [5, 5.41) is 2.71. The smallest absolute Gasteiger partial charge is 0.306 e. The molecule has 1 aromatic rings. The molecule has 1 amide bonds. The molecule has 0 aliphatic heterocycles. The van der Waals surface area contributed by atoms with Gasteiger partial charge in [0.05, 0.1) is 15.6 Å². The highest BCUT2D eigenvalue weighted by molar-refractivity contribution is 7.89. The standard InChI is InChI=1S/C19H27ClN2O5S/c1-3-22(4-2)28(25,26)15-9-10-16(20)17(12-15)21-18(23)13-27-19(24)11-14-7-5-6-8-14/h9-10,12,14H,3-8,11,13H2,1-2H3,(H,21,23). The molecular formula is C19H27ClN2O5S. The van der Waals surface area contributed by atoms with E-state index in [9.17, 15) is 18.0 Å². The van der Waals surface area contributed by atoms with Crippen LogP contribution in [0.5, 0.6) is 0 Å². The molecule has 0 saturated heterocycles. The van der Waals surface area contributed by atoms with E-state index in [1.54, 1.807) is 13.8 Å². The van der Waals surface area contributed by atoms with Gasteiger partial charge in [0.1, 0.15) is 0 Å². The number of ether oxygens (including phenoxy) is 1. The van der Waals surface area contributed by atoms with Crippen LogP contribution >= 0.6 is 11.6 Å². The summed E-state index contributed by atoms with van der Waals surface area (Å²) in [5.74, 6) is -0.628. The number of carbonyl (C=O) groups is 2. The van der Waals surface area contributed by atoms with E-state index in [4.69, 9.17) is 16.3 Å². The predicted octanol–water partition coefficient (Wildman–Crippen LogP) is 3.43. The second-order valence-corrected chi connectivity index (χ2v) is 9.14. The first-order chi connectivity index (χ1) is 13.3. The molecule has 156 valence electrons. The molecule has 1 saturated carbocycles. The fourth-order valence-corrected chi connectivity index (χ4v) is 4.96. The highest BCUT2D eigenvalue weighted by Crippen LogP contribution is 2.28. The van der Waals surface area contributed by atoms with E-state index in [1.165, 1.54) is 22.5 Å². The topological polar surface area (TPSA) is 92.8 Å². The minimum atomic E-state index is -3.68. The summed E-state index contributed by atoms with van der Waals surface area (Å²) < 4.78 is 31.6. The Morgan fingerprint density at radius 1 is 1.21 bits per heavy atom. The summed E-state index contributed by atoms with van der Waals surface area (Å²) >= 11 is 6.08. The SMILES string of the molecule is CCN(CC)S(=O)(=O)c1ccc(Cl)c(NC(=O)COC(=O)CC2CCCC2)c1. The number of amides is 1. The molecular weight excluding hydrogens is 404 g/mol. The van der Waals surface area contributed by atoms with Crippen molar-refractivity contribution in [3.63, 3.8) is 0 Å². The Bertz CT molecular complexity index is 803. The maximum absolute atomic E-state index is 12.6. The Kier molecular flexibility index (Phi) is 8.27. The lowest BCUT2D eigenvalue weighted by Gasteiger charge is -2.19. The third-order valence-electron chi connectivity index (χ3n) is 4.85.